The van der Waals surface area contributed by atoms with Crippen LogP contribution in [-0.4, -0.2) is 22.6 Å². The number of benzene rings is 2. The SMILES string of the molecule is COc1ccc(-c2cn(C)/c(=N/C(=O)c3ccc(Cl)cc3)[nH]2)cc1. The number of nitrogens with zero attached hydrogens (tertiary/aromatic N) is 2. The van der Waals surface area contributed by atoms with Crippen LogP contribution in [0.5, 0.6) is 5.75 Å². The molecule has 1 amide bonds. The second-order valence-electron chi connectivity index (χ2n) is 5.25. The molecule has 3 aromatic rings. The zero-order chi connectivity index (χ0) is 17.1. The van der Waals surface area contributed by atoms with Crippen LogP contribution in [0, 0.1) is 0 Å². The lowest BCUT2D eigenvalue weighted by atomic mass is 10.2. The molecule has 0 fully saturated rings. The Hall–Kier alpha value is -2.79. The van der Waals surface area contributed by atoms with E-state index < -0.39 is 0 Å². The lowest BCUT2D eigenvalue weighted by Gasteiger charge is -2.00. The van der Waals surface area contributed by atoms with E-state index in [-0.39, 0.29) is 5.91 Å². The molecule has 0 bridgehead atoms. The van der Waals surface area contributed by atoms with Crippen molar-refractivity contribution in [3.8, 4) is 17.0 Å². The quantitative estimate of drug-likeness (QED) is 0.793. The van der Waals surface area contributed by atoms with E-state index in [2.05, 4.69) is 9.98 Å². The van der Waals surface area contributed by atoms with Crippen molar-refractivity contribution in [2.24, 2.45) is 12.0 Å². The number of nitrogens with one attached hydrogen (secondary N) is 1. The lowest BCUT2D eigenvalue weighted by molar-refractivity contribution is 0.0996. The summed E-state index contributed by atoms with van der Waals surface area (Å²) in [5, 5.41) is 0.582. The summed E-state index contributed by atoms with van der Waals surface area (Å²) in [6, 6.07) is 14.3. The molecule has 6 heteroatoms. The lowest BCUT2D eigenvalue weighted by Crippen LogP contribution is -2.17. The van der Waals surface area contributed by atoms with E-state index in [9.17, 15) is 4.79 Å². The molecule has 0 aliphatic rings. The number of hydrogen-bond donors (Lipinski definition) is 1. The first-order chi connectivity index (χ1) is 11.6. The molecule has 0 saturated heterocycles. The van der Waals surface area contributed by atoms with Crippen molar-refractivity contribution in [1.82, 2.24) is 9.55 Å². The van der Waals surface area contributed by atoms with Crippen LogP contribution in [-0.2, 0) is 7.05 Å². The van der Waals surface area contributed by atoms with Crippen LogP contribution in [0.25, 0.3) is 11.3 Å². The maximum atomic E-state index is 12.2. The van der Waals surface area contributed by atoms with Crippen LogP contribution in [0.4, 0.5) is 0 Å². The fraction of sp³-hybridized carbons (Fsp3) is 0.111. The average Bonchev–Trinajstić information content (AvgIpc) is 2.96. The van der Waals surface area contributed by atoms with Crippen molar-refractivity contribution in [2.75, 3.05) is 7.11 Å². The predicted molar refractivity (Wildman–Crippen MR) is 93.1 cm³/mol. The Morgan fingerprint density at radius 2 is 1.79 bits per heavy atom. The van der Waals surface area contributed by atoms with Gasteiger partial charge in [0.1, 0.15) is 5.75 Å². The van der Waals surface area contributed by atoms with Gasteiger partial charge in [-0.15, -0.1) is 0 Å². The van der Waals surface area contributed by atoms with Crippen molar-refractivity contribution >= 4 is 17.5 Å². The maximum absolute atomic E-state index is 12.2. The molecule has 0 radical (unpaired) electrons. The Balaban J connectivity index is 1.92. The smallest absolute Gasteiger partial charge is 0.280 e. The fourth-order valence-corrected chi connectivity index (χ4v) is 2.40. The van der Waals surface area contributed by atoms with Gasteiger partial charge in [0.15, 0.2) is 0 Å². The van der Waals surface area contributed by atoms with Crippen molar-refractivity contribution in [3.05, 3.63) is 70.9 Å². The van der Waals surface area contributed by atoms with Gasteiger partial charge in [-0.2, -0.15) is 4.99 Å². The molecule has 0 spiro atoms. The van der Waals surface area contributed by atoms with Crippen LogP contribution in [0.1, 0.15) is 10.4 Å². The number of rotatable bonds is 3. The second-order valence-corrected chi connectivity index (χ2v) is 5.69. The Morgan fingerprint density at radius 3 is 2.42 bits per heavy atom. The molecule has 3 rings (SSSR count). The molecule has 0 aliphatic heterocycles. The molecule has 0 unspecified atom stereocenters. The summed E-state index contributed by atoms with van der Waals surface area (Å²) in [5.41, 5.74) is 2.80. The first-order valence-electron chi connectivity index (χ1n) is 7.31. The Bertz CT molecular complexity index is 922. The van der Waals surface area contributed by atoms with Crippen LogP contribution >= 0.6 is 11.6 Å². The predicted octanol–water partition coefficient (Wildman–Crippen LogP) is 3.42. The minimum atomic E-state index is -0.328. The summed E-state index contributed by atoms with van der Waals surface area (Å²) in [4.78, 5) is 19.5. The number of aromatic nitrogens is 2. The van der Waals surface area contributed by atoms with Gasteiger partial charge in [-0.3, -0.25) is 4.79 Å². The van der Waals surface area contributed by atoms with Crippen LogP contribution in [0.2, 0.25) is 5.02 Å². The van der Waals surface area contributed by atoms with Crippen molar-refractivity contribution in [1.29, 1.82) is 0 Å². The number of amides is 1. The third-order valence-electron chi connectivity index (χ3n) is 3.60. The van der Waals surface area contributed by atoms with Gasteiger partial charge in [0.05, 0.1) is 12.8 Å². The van der Waals surface area contributed by atoms with Gasteiger partial charge >= 0.3 is 0 Å². The maximum Gasteiger partial charge on any atom is 0.280 e. The third-order valence-corrected chi connectivity index (χ3v) is 3.85. The standard InChI is InChI=1S/C18H16ClN3O2/c1-22-11-16(12-5-9-15(24-2)10-6-12)20-18(22)21-17(23)13-3-7-14(19)8-4-13/h3-11H,1-2H3,(H,20,21,23). The van der Waals surface area contributed by atoms with E-state index in [4.69, 9.17) is 16.3 Å². The minimum absolute atomic E-state index is 0.328. The number of hydrogen-bond acceptors (Lipinski definition) is 2. The molecule has 0 saturated carbocycles. The Morgan fingerprint density at radius 1 is 1.12 bits per heavy atom. The number of ether oxygens (including phenoxy) is 1. The van der Waals surface area contributed by atoms with E-state index in [1.807, 2.05) is 37.5 Å². The molecule has 24 heavy (non-hydrogen) atoms. The number of carbonyl (C=O) groups is 1. The van der Waals surface area contributed by atoms with Crippen molar-refractivity contribution < 1.29 is 9.53 Å². The second kappa shape index (κ2) is 6.76. The number of halogens is 1. The molecule has 0 atom stereocenters. The first-order valence-corrected chi connectivity index (χ1v) is 7.69. The fourth-order valence-electron chi connectivity index (χ4n) is 2.27. The number of methoxy groups -OCH3 is 1. The van der Waals surface area contributed by atoms with Crippen LogP contribution in [0.15, 0.2) is 59.7 Å². The summed E-state index contributed by atoms with van der Waals surface area (Å²) in [7, 11) is 3.46. The van der Waals surface area contributed by atoms with Gasteiger partial charge < -0.3 is 14.3 Å². The summed E-state index contributed by atoms with van der Waals surface area (Å²) in [5.74, 6) is 0.461. The van der Waals surface area contributed by atoms with E-state index in [1.165, 1.54) is 0 Å². The van der Waals surface area contributed by atoms with E-state index in [0.717, 1.165) is 17.0 Å². The number of aromatic amines is 1. The highest BCUT2D eigenvalue weighted by molar-refractivity contribution is 6.30. The van der Waals surface area contributed by atoms with Crippen LogP contribution < -0.4 is 10.4 Å². The van der Waals surface area contributed by atoms with Gasteiger partial charge in [0, 0.05) is 23.8 Å². The molecule has 2 aromatic carbocycles. The normalized spacial score (nSPS) is 11.5. The number of aryl methyl sites for hydroxylation is 1. The van der Waals surface area contributed by atoms with E-state index in [0.29, 0.717) is 16.2 Å². The molecule has 122 valence electrons. The summed E-state index contributed by atoms with van der Waals surface area (Å²) >= 11 is 5.83. The molecule has 5 nitrogen and oxygen atoms in total. The van der Waals surface area contributed by atoms with Gasteiger partial charge in [-0.1, -0.05) is 11.6 Å². The number of H-pyrrole nitrogens is 1. The molecule has 0 aliphatic carbocycles. The van der Waals surface area contributed by atoms with E-state index in [1.54, 1.807) is 35.9 Å². The highest BCUT2D eigenvalue weighted by Crippen LogP contribution is 2.19. The zero-order valence-electron chi connectivity index (χ0n) is 13.3. The summed E-state index contributed by atoms with van der Waals surface area (Å²) in [6.07, 6.45) is 1.88. The topological polar surface area (TPSA) is 59.4 Å². The largest absolute Gasteiger partial charge is 0.497 e. The van der Waals surface area contributed by atoms with Gasteiger partial charge in [0.2, 0.25) is 5.62 Å². The van der Waals surface area contributed by atoms with Crippen molar-refractivity contribution in [3.63, 3.8) is 0 Å². The number of carbonyl (C=O) groups excluding carboxylic acids is 1. The van der Waals surface area contributed by atoms with Crippen LogP contribution in [0.3, 0.4) is 0 Å². The third kappa shape index (κ3) is 3.41. The minimum Gasteiger partial charge on any atom is -0.497 e. The molecule has 1 aromatic heterocycles. The van der Waals surface area contributed by atoms with E-state index >= 15 is 0 Å². The summed E-state index contributed by atoms with van der Waals surface area (Å²) < 4.78 is 6.93. The number of imidazole rings is 1. The first kappa shape index (κ1) is 16.1. The molecular formula is C18H16ClN3O2. The Labute approximate surface area is 144 Å². The monoisotopic (exact) mass is 341 g/mol. The van der Waals surface area contributed by atoms with Gasteiger partial charge in [-0.25, -0.2) is 0 Å². The average molecular weight is 342 g/mol. The van der Waals surface area contributed by atoms with Gasteiger partial charge in [0.25, 0.3) is 5.91 Å². The molecular weight excluding hydrogens is 326 g/mol. The molecule has 1 heterocycles. The highest BCUT2D eigenvalue weighted by atomic mass is 35.5. The molecule has 1 N–H and O–H groups in total. The van der Waals surface area contributed by atoms with Gasteiger partial charge in [-0.05, 0) is 54.1 Å². The summed E-state index contributed by atoms with van der Waals surface area (Å²) in [6.45, 7) is 0. The Kier molecular flexibility index (Phi) is 4.53. The highest BCUT2D eigenvalue weighted by Gasteiger charge is 2.06. The zero-order valence-corrected chi connectivity index (χ0v) is 14.0. The van der Waals surface area contributed by atoms with Crippen molar-refractivity contribution in [2.45, 2.75) is 0 Å².